The smallest absolute Gasteiger partial charge is 0.297 e. The highest BCUT2D eigenvalue weighted by Crippen LogP contribution is 2.29. The van der Waals surface area contributed by atoms with Crippen LogP contribution in [-0.4, -0.2) is 22.9 Å². The molecule has 3 N–H and O–H groups in total. The molecule has 0 aliphatic carbocycles. The Bertz CT molecular complexity index is 709. The number of anilines is 1. The molecule has 0 spiro atoms. The minimum atomic E-state index is -0.475. The van der Waals surface area contributed by atoms with Gasteiger partial charge in [0.05, 0.1) is 19.0 Å². The van der Waals surface area contributed by atoms with Gasteiger partial charge in [-0.25, -0.2) is 4.98 Å². The van der Waals surface area contributed by atoms with Gasteiger partial charge in [-0.2, -0.15) is 0 Å². The molecule has 0 fully saturated rings. The third-order valence-electron chi connectivity index (χ3n) is 2.57. The van der Waals surface area contributed by atoms with Crippen molar-refractivity contribution in [1.82, 2.24) is 9.97 Å². The molecule has 0 atom stereocenters. The number of methoxy groups -OCH3 is 1. The van der Waals surface area contributed by atoms with Gasteiger partial charge in [0.25, 0.3) is 11.4 Å². The quantitative estimate of drug-likeness (QED) is 0.644. The van der Waals surface area contributed by atoms with Crippen molar-refractivity contribution in [3.05, 3.63) is 40.4 Å². The maximum absolute atomic E-state index is 11.6. The largest absolute Gasteiger partial charge is 0.487 e. The predicted octanol–water partition coefficient (Wildman–Crippen LogP) is 1.36. The number of H-pyrrole nitrogens is 1. The second-order valence-electron chi connectivity index (χ2n) is 3.98. The number of ketones is 1. The van der Waals surface area contributed by atoms with Gasteiger partial charge < -0.3 is 20.2 Å². The lowest BCUT2D eigenvalue weighted by Crippen LogP contribution is -2.11. The van der Waals surface area contributed by atoms with Crippen LogP contribution in [0.5, 0.6) is 17.4 Å². The summed E-state index contributed by atoms with van der Waals surface area (Å²) in [6, 6.07) is 4.62. The lowest BCUT2D eigenvalue weighted by Gasteiger charge is -2.11. The van der Waals surface area contributed by atoms with Crippen molar-refractivity contribution in [2.75, 3.05) is 12.8 Å². The standard InChI is InChI=1S/C13H13N3O4/c1-7(17)9-5-8(14)3-4-10(9)20-13-11(19-2)12(18)15-6-16-13/h3-6H,14H2,1-2H3,(H,15,16,18). The zero-order chi connectivity index (χ0) is 14.7. The van der Waals surface area contributed by atoms with Crippen LogP contribution in [0.15, 0.2) is 29.3 Å². The Labute approximate surface area is 114 Å². The second kappa shape index (κ2) is 5.43. The molecular formula is C13H13N3O4. The Morgan fingerprint density at radius 3 is 2.80 bits per heavy atom. The molecule has 0 saturated heterocycles. The van der Waals surface area contributed by atoms with Crippen molar-refractivity contribution < 1.29 is 14.3 Å². The van der Waals surface area contributed by atoms with Crippen molar-refractivity contribution in [1.29, 1.82) is 0 Å². The zero-order valence-corrected chi connectivity index (χ0v) is 11.0. The Hall–Kier alpha value is -2.83. The second-order valence-corrected chi connectivity index (χ2v) is 3.98. The summed E-state index contributed by atoms with van der Waals surface area (Å²) in [7, 11) is 1.33. The van der Waals surface area contributed by atoms with Gasteiger partial charge in [0.15, 0.2) is 5.78 Å². The fourth-order valence-corrected chi connectivity index (χ4v) is 1.64. The molecule has 1 heterocycles. The van der Waals surface area contributed by atoms with E-state index in [1.165, 1.54) is 32.5 Å². The summed E-state index contributed by atoms with van der Waals surface area (Å²) >= 11 is 0. The number of hydrogen-bond acceptors (Lipinski definition) is 6. The van der Waals surface area contributed by atoms with Crippen molar-refractivity contribution in [2.45, 2.75) is 6.92 Å². The van der Waals surface area contributed by atoms with Crippen LogP contribution in [0.25, 0.3) is 0 Å². The zero-order valence-electron chi connectivity index (χ0n) is 11.0. The van der Waals surface area contributed by atoms with Crippen LogP contribution in [0, 0.1) is 0 Å². The number of Topliss-reactive ketones (excluding diaryl/α,β-unsaturated/α-hetero) is 1. The molecule has 0 aliphatic heterocycles. The van der Waals surface area contributed by atoms with Crippen LogP contribution in [0.2, 0.25) is 0 Å². The van der Waals surface area contributed by atoms with Gasteiger partial charge >= 0.3 is 0 Å². The third kappa shape index (κ3) is 2.61. The monoisotopic (exact) mass is 275 g/mol. The summed E-state index contributed by atoms with van der Waals surface area (Å²) in [5.41, 5.74) is 5.90. The Balaban J connectivity index is 2.48. The van der Waals surface area contributed by atoms with Crippen molar-refractivity contribution >= 4 is 11.5 Å². The molecular weight excluding hydrogens is 262 g/mol. The van der Waals surface area contributed by atoms with E-state index in [1.54, 1.807) is 6.07 Å². The molecule has 7 heteroatoms. The van der Waals surface area contributed by atoms with Crippen LogP contribution < -0.4 is 20.8 Å². The molecule has 2 aromatic rings. The molecule has 0 amide bonds. The Kier molecular flexibility index (Phi) is 3.69. The van der Waals surface area contributed by atoms with Gasteiger partial charge in [-0.1, -0.05) is 0 Å². The van der Waals surface area contributed by atoms with E-state index in [9.17, 15) is 9.59 Å². The van der Waals surface area contributed by atoms with E-state index in [4.69, 9.17) is 15.2 Å². The van der Waals surface area contributed by atoms with Crippen LogP contribution in [0.3, 0.4) is 0 Å². The molecule has 1 aromatic carbocycles. The molecule has 104 valence electrons. The van der Waals surface area contributed by atoms with Gasteiger partial charge in [-0.3, -0.25) is 9.59 Å². The first kappa shape index (κ1) is 13.6. The number of nitrogen functional groups attached to an aromatic ring is 1. The van der Waals surface area contributed by atoms with E-state index in [0.717, 1.165) is 0 Å². The molecule has 7 nitrogen and oxygen atoms in total. The average molecular weight is 275 g/mol. The number of ether oxygens (including phenoxy) is 2. The van der Waals surface area contributed by atoms with Crippen molar-refractivity contribution in [3.8, 4) is 17.4 Å². The van der Waals surface area contributed by atoms with E-state index in [2.05, 4.69) is 9.97 Å². The molecule has 0 bridgehead atoms. The van der Waals surface area contributed by atoms with E-state index in [1.807, 2.05) is 0 Å². The van der Waals surface area contributed by atoms with Crippen molar-refractivity contribution in [2.24, 2.45) is 0 Å². The normalized spacial score (nSPS) is 10.1. The van der Waals surface area contributed by atoms with Crippen LogP contribution >= 0.6 is 0 Å². The van der Waals surface area contributed by atoms with Gasteiger partial charge in [0.2, 0.25) is 5.75 Å². The summed E-state index contributed by atoms with van der Waals surface area (Å²) in [4.78, 5) is 29.4. The molecule has 0 radical (unpaired) electrons. The SMILES string of the molecule is COc1c(Oc2ccc(N)cc2C(C)=O)nc[nH]c1=O. The first-order valence-electron chi connectivity index (χ1n) is 5.73. The van der Waals surface area contributed by atoms with Gasteiger partial charge in [-0.05, 0) is 25.1 Å². The summed E-state index contributed by atoms with van der Waals surface area (Å²) in [6.07, 6.45) is 1.19. The first-order valence-corrected chi connectivity index (χ1v) is 5.73. The molecule has 1 aromatic heterocycles. The Morgan fingerprint density at radius 1 is 1.40 bits per heavy atom. The number of hydrogen-bond donors (Lipinski definition) is 2. The number of aromatic amines is 1. The topological polar surface area (TPSA) is 107 Å². The highest BCUT2D eigenvalue weighted by molar-refractivity contribution is 5.97. The fraction of sp³-hybridized carbons (Fsp3) is 0.154. The number of nitrogens with zero attached hydrogens (tertiary/aromatic N) is 1. The Morgan fingerprint density at radius 2 is 2.15 bits per heavy atom. The van der Waals surface area contributed by atoms with E-state index in [0.29, 0.717) is 11.3 Å². The fourth-order valence-electron chi connectivity index (χ4n) is 1.64. The molecule has 20 heavy (non-hydrogen) atoms. The number of nitrogens with two attached hydrogens (primary N) is 1. The first-order chi connectivity index (χ1) is 9.52. The van der Waals surface area contributed by atoms with E-state index < -0.39 is 5.56 Å². The highest BCUT2D eigenvalue weighted by Gasteiger charge is 2.15. The van der Waals surface area contributed by atoms with Crippen LogP contribution in [-0.2, 0) is 0 Å². The summed E-state index contributed by atoms with van der Waals surface area (Å²) in [5, 5.41) is 0. The lowest BCUT2D eigenvalue weighted by molar-refractivity contribution is 0.101. The van der Waals surface area contributed by atoms with Gasteiger partial charge in [-0.15, -0.1) is 0 Å². The molecule has 0 unspecified atom stereocenters. The highest BCUT2D eigenvalue weighted by atomic mass is 16.5. The number of carbonyl (C=O) groups excluding carboxylic acids is 1. The number of benzene rings is 1. The molecule has 0 aliphatic rings. The molecule has 2 rings (SSSR count). The maximum Gasteiger partial charge on any atom is 0.297 e. The summed E-state index contributed by atoms with van der Waals surface area (Å²) in [5.74, 6) is -0.0541. The van der Waals surface area contributed by atoms with Gasteiger partial charge in [0, 0.05) is 5.69 Å². The van der Waals surface area contributed by atoms with Crippen molar-refractivity contribution in [3.63, 3.8) is 0 Å². The van der Waals surface area contributed by atoms with Crippen LogP contribution in [0.4, 0.5) is 5.69 Å². The number of carbonyl (C=O) groups is 1. The average Bonchev–Trinajstić information content (AvgIpc) is 2.41. The number of rotatable bonds is 4. The van der Waals surface area contributed by atoms with Crippen LogP contribution in [0.1, 0.15) is 17.3 Å². The number of aromatic nitrogens is 2. The van der Waals surface area contributed by atoms with E-state index >= 15 is 0 Å². The minimum Gasteiger partial charge on any atom is -0.487 e. The minimum absolute atomic E-state index is 0.0245. The number of nitrogens with one attached hydrogen (secondary N) is 1. The summed E-state index contributed by atoms with van der Waals surface area (Å²) in [6.45, 7) is 1.39. The van der Waals surface area contributed by atoms with E-state index in [-0.39, 0.29) is 23.2 Å². The van der Waals surface area contributed by atoms with Gasteiger partial charge in [0.1, 0.15) is 5.75 Å². The third-order valence-corrected chi connectivity index (χ3v) is 2.57. The summed E-state index contributed by atoms with van der Waals surface area (Å²) < 4.78 is 10.4. The predicted molar refractivity (Wildman–Crippen MR) is 72.3 cm³/mol. The lowest BCUT2D eigenvalue weighted by atomic mass is 10.1. The maximum atomic E-state index is 11.6. The molecule has 0 saturated carbocycles.